The van der Waals surface area contributed by atoms with Crippen LogP contribution >= 0.6 is 11.3 Å². The first-order valence-corrected chi connectivity index (χ1v) is 12.0. The van der Waals surface area contributed by atoms with Gasteiger partial charge < -0.3 is 4.74 Å². The third kappa shape index (κ3) is 6.99. The maximum absolute atomic E-state index is 13.7. The first-order chi connectivity index (χ1) is 16.3. The normalized spacial score (nSPS) is 11.5. The lowest BCUT2D eigenvalue weighted by molar-refractivity contribution is -0.379. The van der Waals surface area contributed by atoms with Crippen LogP contribution in [-0.4, -0.2) is 21.5 Å². The molecule has 0 unspecified atom stereocenters. The molecular formula is C24H26F3N3O3S. The number of rotatable bonds is 12. The summed E-state index contributed by atoms with van der Waals surface area (Å²) in [5.74, 6) is -0.203. The highest BCUT2D eigenvalue weighted by atomic mass is 32.1. The lowest BCUT2D eigenvalue weighted by atomic mass is 10.1. The zero-order valence-corrected chi connectivity index (χ0v) is 19.6. The van der Waals surface area contributed by atoms with E-state index in [0.717, 1.165) is 49.5 Å². The second-order valence-electron chi connectivity index (χ2n) is 7.88. The molecule has 0 radical (unpaired) electrons. The van der Waals surface area contributed by atoms with Gasteiger partial charge in [0.1, 0.15) is 10.8 Å². The van der Waals surface area contributed by atoms with Crippen LogP contribution in [0, 0.1) is 10.1 Å². The van der Waals surface area contributed by atoms with Crippen LogP contribution in [-0.2, 0) is 12.6 Å². The Morgan fingerprint density at radius 1 is 1.12 bits per heavy atom. The van der Waals surface area contributed by atoms with Crippen molar-refractivity contribution in [3.63, 3.8) is 0 Å². The highest BCUT2D eigenvalue weighted by molar-refractivity contribution is 7.15. The van der Waals surface area contributed by atoms with Gasteiger partial charge in [-0.15, -0.1) is 0 Å². The number of hydrogen-bond acceptors (Lipinski definition) is 6. The zero-order chi connectivity index (χ0) is 24.6. The number of nitro groups is 1. The van der Waals surface area contributed by atoms with Gasteiger partial charge in [0.05, 0.1) is 17.1 Å². The minimum Gasteiger partial charge on any atom is -0.493 e. The lowest BCUT2D eigenvalue weighted by Gasteiger charge is -2.15. The molecule has 0 saturated heterocycles. The van der Waals surface area contributed by atoms with Crippen LogP contribution < -0.4 is 4.74 Å². The molecule has 1 aromatic carbocycles. The summed E-state index contributed by atoms with van der Waals surface area (Å²) in [5, 5.41) is 11.7. The Morgan fingerprint density at radius 2 is 1.88 bits per heavy atom. The van der Waals surface area contributed by atoms with Crippen molar-refractivity contribution in [3.05, 3.63) is 69.0 Å². The second-order valence-corrected chi connectivity index (χ2v) is 8.94. The first kappa shape index (κ1) is 25.6. The Bertz CT molecular complexity index is 1090. The van der Waals surface area contributed by atoms with Crippen LogP contribution in [0.3, 0.4) is 0 Å². The van der Waals surface area contributed by atoms with E-state index in [-0.39, 0.29) is 29.5 Å². The summed E-state index contributed by atoms with van der Waals surface area (Å²) in [7, 11) is 0. The number of aromatic nitrogens is 2. The molecule has 3 aromatic rings. The van der Waals surface area contributed by atoms with Crippen LogP contribution in [0.25, 0.3) is 11.3 Å². The Kier molecular flexibility index (Phi) is 8.98. The van der Waals surface area contributed by atoms with Gasteiger partial charge in [-0.2, -0.15) is 13.2 Å². The van der Waals surface area contributed by atoms with Crippen molar-refractivity contribution in [2.45, 2.75) is 58.0 Å². The van der Waals surface area contributed by atoms with Crippen LogP contribution in [0.15, 0.2) is 42.7 Å². The Morgan fingerprint density at radius 3 is 2.56 bits per heavy atom. The summed E-state index contributed by atoms with van der Waals surface area (Å²) in [5.41, 5.74) is 0.134. The minimum atomic E-state index is -4.58. The Hall–Kier alpha value is -3.01. The van der Waals surface area contributed by atoms with E-state index in [2.05, 4.69) is 16.9 Å². The summed E-state index contributed by atoms with van der Waals surface area (Å²) in [6.07, 6.45) is 4.53. The van der Waals surface area contributed by atoms with Gasteiger partial charge in [0.2, 0.25) is 0 Å². The monoisotopic (exact) mass is 493 g/mol. The number of pyridine rings is 1. The molecule has 0 amide bonds. The summed E-state index contributed by atoms with van der Waals surface area (Å²) < 4.78 is 46.5. The number of halogens is 3. The van der Waals surface area contributed by atoms with Crippen molar-refractivity contribution in [1.29, 1.82) is 0 Å². The van der Waals surface area contributed by atoms with Gasteiger partial charge in [0, 0.05) is 24.4 Å². The number of benzene rings is 1. The molecule has 0 aliphatic carbocycles. The molecular weight excluding hydrogens is 467 g/mol. The van der Waals surface area contributed by atoms with Gasteiger partial charge in [0.15, 0.2) is 5.69 Å². The van der Waals surface area contributed by atoms with E-state index >= 15 is 0 Å². The second kappa shape index (κ2) is 11.9. The summed E-state index contributed by atoms with van der Waals surface area (Å²) in [6.45, 7) is 2.35. The third-order valence-electron chi connectivity index (χ3n) is 5.21. The van der Waals surface area contributed by atoms with Crippen LogP contribution in [0.1, 0.15) is 61.6 Å². The summed E-state index contributed by atoms with van der Waals surface area (Å²) >= 11 is 0.849. The number of thiazole rings is 1. The Labute approximate surface area is 200 Å². The van der Waals surface area contributed by atoms with Crippen molar-refractivity contribution in [2.24, 2.45) is 0 Å². The van der Waals surface area contributed by atoms with E-state index in [9.17, 15) is 23.3 Å². The quantitative estimate of drug-likeness (QED) is 0.149. The molecule has 34 heavy (non-hydrogen) atoms. The SMILES string of the molecule is CCCCCCCCOc1ccc(Cc2nc(-c3cccnc3)c([N+](=O)[O-])s2)cc1C(F)(F)F. The van der Waals surface area contributed by atoms with Gasteiger partial charge in [0.25, 0.3) is 0 Å². The molecule has 0 saturated carbocycles. The van der Waals surface area contributed by atoms with Crippen molar-refractivity contribution in [2.75, 3.05) is 6.61 Å². The smallest absolute Gasteiger partial charge is 0.419 e. The molecule has 182 valence electrons. The van der Waals surface area contributed by atoms with E-state index in [1.807, 2.05) is 0 Å². The van der Waals surface area contributed by atoms with Gasteiger partial charge in [-0.25, -0.2) is 4.98 Å². The molecule has 10 heteroatoms. The predicted octanol–water partition coefficient (Wildman–Crippen LogP) is 7.46. The van der Waals surface area contributed by atoms with E-state index in [1.54, 1.807) is 18.2 Å². The zero-order valence-electron chi connectivity index (χ0n) is 18.8. The van der Waals surface area contributed by atoms with Gasteiger partial charge in [-0.1, -0.05) is 45.1 Å². The van der Waals surface area contributed by atoms with Crippen molar-refractivity contribution >= 4 is 16.3 Å². The molecule has 0 bridgehead atoms. The van der Waals surface area contributed by atoms with E-state index < -0.39 is 16.7 Å². The third-order valence-corrected chi connectivity index (χ3v) is 6.22. The van der Waals surface area contributed by atoms with Crippen molar-refractivity contribution < 1.29 is 22.8 Å². The fourth-order valence-electron chi connectivity index (χ4n) is 3.52. The Balaban J connectivity index is 1.75. The summed E-state index contributed by atoms with van der Waals surface area (Å²) in [4.78, 5) is 19.2. The molecule has 0 atom stereocenters. The largest absolute Gasteiger partial charge is 0.493 e. The van der Waals surface area contributed by atoms with Gasteiger partial charge in [-0.05, 0) is 47.6 Å². The van der Waals surface area contributed by atoms with Gasteiger partial charge in [-0.3, -0.25) is 15.1 Å². The molecule has 0 aliphatic rings. The number of alkyl halides is 3. The number of ether oxygens (including phenoxy) is 1. The average Bonchev–Trinajstić information content (AvgIpc) is 3.23. The molecule has 0 spiro atoms. The molecule has 6 nitrogen and oxygen atoms in total. The van der Waals surface area contributed by atoms with E-state index in [1.165, 1.54) is 18.5 Å². The maximum atomic E-state index is 13.7. The number of unbranched alkanes of at least 4 members (excludes halogenated alkanes) is 5. The van der Waals surface area contributed by atoms with Crippen molar-refractivity contribution in [3.8, 4) is 17.0 Å². The highest BCUT2D eigenvalue weighted by Gasteiger charge is 2.35. The number of hydrogen-bond donors (Lipinski definition) is 0. The first-order valence-electron chi connectivity index (χ1n) is 11.2. The molecule has 3 rings (SSSR count). The standard InChI is InChI=1S/C24H26F3N3O3S/c1-2-3-4-5-6-7-13-33-20-11-10-17(14-19(20)24(25,26)27)15-21-29-22(23(34-21)30(31)32)18-9-8-12-28-16-18/h8-12,14,16H,2-7,13,15H2,1H3. The molecule has 0 aliphatic heterocycles. The molecule has 0 fully saturated rings. The fourth-order valence-corrected chi connectivity index (χ4v) is 4.45. The average molecular weight is 494 g/mol. The molecule has 0 N–H and O–H groups in total. The van der Waals surface area contributed by atoms with Gasteiger partial charge >= 0.3 is 11.2 Å². The topological polar surface area (TPSA) is 78.2 Å². The van der Waals surface area contributed by atoms with E-state index in [0.29, 0.717) is 22.6 Å². The van der Waals surface area contributed by atoms with Crippen LogP contribution in [0.2, 0.25) is 0 Å². The fraction of sp³-hybridized carbons (Fsp3) is 0.417. The maximum Gasteiger partial charge on any atom is 0.419 e. The molecule has 2 heterocycles. The number of nitrogens with zero attached hydrogens (tertiary/aromatic N) is 3. The minimum absolute atomic E-state index is 0.0343. The molecule has 2 aromatic heterocycles. The summed E-state index contributed by atoms with van der Waals surface area (Å²) in [6, 6.07) is 7.18. The predicted molar refractivity (Wildman–Crippen MR) is 125 cm³/mol. The van der Waals surface area contributed by atoms with E-state index in [4.69, 9.17) is 4.74 Å². The highest BCUT2D eigenvalue weighted by Crippen LogP contribution is 2.39. The van der Waals surface area contributed by atoms with Crippen LogP contribution in [0.4, 0.5) is 18.2 Å². The lowest BCUT2D eigenvalue weighted by Crippen LogP contribution is -2.10. The van der Waals surface area contributed by atoms with Crippen molar-refractivity contribution in [1.82, 2.24) is 9.97 Å². The van der Waals surface area contributed by atoms with Crippen LogP contribution in [0.5, 0.6) is 5.75 Å².